The maximum atomic E-state index is 11.9. The number of furan rings is 1. The molecular weight excluding hydrogens is 382 g/mol. The molecule has 0 aliphatic heterocycles. The van der Waals surface area contributed by atoms with E-state index in [2.05, 4.69) is 5.32 Å². The summed E-state index contributed by atoms with van der Waals surface area (Å²) in [6.07, 6.45) is 1.26. The van der Waals surface area contributed by atoms with E-state index >= 15 is 0 Å². The summed E-state index contributed by atoms with van der Waals surface area (Å²) in [4.78, 5) is 23.7. The second kappa shape index (κ2) is 10.9. The largest absolute Gasteiger partial charge is 0.497 e. The molecule has 6 heteroatoms. The van der Waals surface area contributed by atoms with E-state index in [0.29, 0.717) is 25.1 Å². The van der Waals surface area contributed by atoms with Gasteiger partial charge in [0.1, 0.15) is 17.3 Å². The Morgan fingerprint density at radius 2 is 1.70 bits per heavy atom. The van der Waals surface area contributed by atoms with Crippen molar-refractivity contribution in [2.45, 2.75) is 19.3 Å². The lowest BCUT2D eigenvalue weighted by atomic mass is 10.1. The van der Waals surface area contributed by atoms with Gasteiger partial charge < -0.3 is 19.2 Å². The van der Waals surface area contributed by atoms with E-state index in [4.69, 9.17) is 13.9 Å². The zero-order valence-corrected chi connectivity index (χ0v) is 16.9. The third-order valence-electron chi connectivity index (χ3n) is 4.55. The average Bonchev–Trinajstić information content (AvgIpc) is 3.26. The Kier molecular flexibility index (Phi) is 7.66. The summed E-state index contributed by atoms with van der Waals surface area (Å²) in [5.74, 6) is 1.50. The quantitative estimate of drug-likeness (QED) is 0.518. The second-order valence-electron chi connectivity index (χ2n) is 6.74. The zero-order valence-electron chi connectivity index (χ0n) is 16.9. The number of amides is 1. The van der Waals surface area contributed by atoms with Crippen LogP contribution in [0.4, 0.5) is 0 Å². The smallest absolute Gasteiger partial charge is 0.306 e. The third-order valence-corrected chi connectivity index (χ3v) is 4.55. The summed E-state index contributed by atoms with van der Waals surface area (Å²) < 4.78 is 15.9. The first-order chi connectivity index (χ1) is 14.6. The molecular formula is C24H25NO5. The summed E-state index contributed by atoms with van der Waals surface area (Å²) in [6.45, 7) is 0.187. The third kappa shape index (κ3) is 6.51. The standard InChI is InChI=1S/C24H25NO5/c1-28-20-9-7-18(8-10-20)15-16-25-23(26)17-29-24(27)14-12-21-11-13-22(30-21)19-5-3-2-4-6-19/h2-11,13H,12,14-17H2,1H3,(H,25,26). The van der Waals surface area contributed by atoms with E-state index in [1.807, 2.05) is 66.7 Å². The van der Waals surface area contributed by atoms with E-state index < -0.39 is 5.97 Å². The highest BCUT2D eigenvalue weighted by molar-refractivity contribution is 5.80. The van der Waals surface area contributed by atoms with E-state index in [-0.39, 0.29) is 18.9 Å². The Morgan fingerprint density at radius 1 is 0.933 bits per heavy atom. The van der Waals surface area contributed by atoms with Gasteiger partial charge in [-0.3, -0.25) is 9.59 Å². The first-order valence-electron chi connectivity index (χ1n) is 9.83. The van der Waals surface area contributed by atoms with Gasteiger partial charge >= 0.3 is 5.97 Å². The number of carbonyl (C=O) groups excluding carboxylic acids is 2. The molecule has 30 heavy (non-hydrogen) atoms. The minimum Gasteiger partial charge on any atom is -0.497 e. The number of ether oxygens (including phenoxy) is 2. The molecule has 0 unspecified atom stereocenters. The molecule has 0 saturated carbocycles. The lowest BCUT2D eigenvalue weighted by Crippen LogP contribution is -2.30. The van der Waals surface area contributed by atoms with Gasteiger partial charge in [-0.2, -0.15) is 0 Å². The molecule has 0 aliphatic rings. The molecule has 1 N–H and O–H groups in total. The van der Waals surface area contributed by atoms with Gasteiger partial charge in [-0.25, -0.2) is 0 Å². The number of aryl methyl sites for hydroxylation is 1. The molecule has 0 spiro atoms. The number of nitrogens with one attached hydrogen (secondary N) is 1. The molecule has 3 aromatic rings. The Labute approximate surface area is 175 Å². The normalized spacial score (nSPS) is 10.4. The fourth-order valence-electron chi connectivity index (χ4n) is 2.90. The van der Waals surface area contributed by atoms with Gasteiger partial charge in [0.25, 0.3) is 5.91 Å². The van der Waals surface area contributed by atoms with Crippen molar-refractivity contribution in [1.82, 2.24) is 5.32 Å². The van der Waals surface area contributed by atoms with E-state index in [1.165, 1.54) is 0 Å². The van der Waals surface area contributed by atoms with Crippen molar-refractivity contribution < 1.29 is 23.5 Å². The molecule has 0 fully saturated rings. The summed E-state index contributed by atoms with van der Waals surface area (Å²) in [5.41, 5.74) is 2.07. The van der Waals surface area contributed by atoms with Crippen LogP contribution in [0.3, 0.4) is 0 Å². The summed E-state index contributed by atoms with van der Waals surface area (Å²) in [6, 6.07) is 21.1. The van der Waals surface area contributed by atoms with Crippen molar-refractivity contribution in [1.29, 1.82) is 0 Å². The zero-order chi connectivity index (χ0) is 21.2. The van der Waals surface area contributed by atoms with Crippen molar-refractivity contribution in [3.05, 3.63) is 78.1 Å². The van der Waals surface area contributed by atoms with Gasteiger partial charge in [0.05, 0.1) is 13.5 Å². The van der Waals surface area contributed by atoms with Gasteiger partial charge in [-0.05, 0) is 36.2 Å². The monoisotopic (exact) mass is 407 g/mol. The van der Waals surface area contributed by atoms with Crippen molar-refractivity contribution in [3.8, 4) is 17.1 Å². The highest BCUT2D eigenvalue weighted by atomic mass is 16.5. The topological polar surface area (TPSA) is 77.8 Å². The number of carbonyl (C=O) groups is 2. The number of hydrogen-bond donors (Lipinski definition) is 1. The molecule has 0 atom stereocenters. The van der Waals surface area contributed by atoms with E-state index in [9.17, 15) is 9.59 Å². The van der Waals surface area contributed by atoms with Crippen molar-refractivity contribution in [2.75, 3.05) is 20.3 Å². The molecule has 0 saturated heterocycles. The van der Waals surface area contributed by atoms with Gasteiger partial charge in [0, 0.05) is 18.5 Å². The van der Waals surface area contributed by atoms with Crippen LogP contribution in [-0.2, 0) is 27.2 Å². The molecule has 3 rings (SSSR count). The Bertz CT molecular complexity index is 947. The lowest BCUT2D eigenvalue weighted by Gasteiger charge is -2.07. The first-order valence-corrected chi connectivity index (χ1v) is 9.83. The number of esters is 1. The minimum atomic E-state index is -0.432. The Hall–Kier alpha value is -3.54. The highest BCUT2D eigenvalue weighted by Crippen LogP contribution is 2.22. The van der Waals surface area contributed by atoms with Gasteiger partial charge in [-0.15, -0.1) is 0 Å². The molecule has 1 heterocycles. The van der Waals surface area contributed by atoms with Crippen LogP contribution in [0.15, 0.2) is 71.1 Å². The highest BCUT2D eigenvalue weighted by Gasteiger charge is 2.10. The first kappa shape index (κ1) is 21.2. The van der Waals surface area contributed by atoms with Crippen molar-refractivity contribution >= 4 is 11.9 Å². The lowest BCUT2D eigenvalue weighted by molar-refractivity contribution is -0.148. The molecule has 6 nitrogen and oxygen atoms in total. The van der Waals surface area contributed by atoms with Crippen LogP contribution >= 0.6 is 0 Å². The van der Waals surface area contributed by atoms with Crippen molar-refractivity contribution in [3.63, 3.8) is 0 Å². The van der Waals surface area contributed by atoms with Crippen LogP contribution in [0, 0.1) is 0 Å². The number of methoxy groups -OCH3 is 1. The van der Waals surface area contributed by atoms with Crippen molar-refractivity contribution in [2.24, 2.45) is 0 Å². The molecule has 0 aliphatic carbocycles. The van der Waals surface area contributed by atoms with Gasteiger partial charge in [0.2, 0.25) is 0 Å². The molecule has 0 radical (unpaired) electrons. The van der Waals surface area contributed by atoms with Crippen LogP contribution in [-0.4, -0.2) is 32.1 Å². The van der Waals surface area contributed by atoms with Crippen LogP contribution in [0.5, 0.6) is 5.75 Å². The number of benzene rings is 2. The molecule has 2 aromatic carbocycles. The summed E-state index contributed by atoms with van der Waals surface area (Å²) in [7, 11) is 1.62. The maximum Gasteiger partial charge on any atom is 0.306 e. The van der Waals surface area contributed by atoms with Crippen LogP contribution in [0.25, 0.3) is 11.3 Å². The number of hydrogen-bond acceptors (Lipinski definition) is 5. The van der Waals surface area contributed by atoms with Gasteiger partial charge in [-0.1, -0.05) is 42.5 Å². The van der Waals surface area contributed by atoms with E-state index in [1.54, 1.807) is 7.11 Å². The fourth-order valence-corrected chi connectivity index (χ4v) is 2.90. The predicted octanol–water partition coefficient (Wildman–Crippen LogP) is 3.79. The maximum absolute atomic E-state index is 11.9. The molecule has 1 amide bonds. The molecule has 1 aromatic heterocycles. The fraction of sp³-hybridized carbons (Fsp3) is 0.250. The Morgan fingerprint density at radius 3 is 2.43 bits per heavy atom. The van der Waals surface area contributed by atoms with E-state index in [0.717, 1.165) is 22.6 Å². The van der Waals surface area contributed by atoms with Gasteiger partial charge in [0.15, 0.2) is 6.61 Å². The second-order valence-corrected chi connectivity index (χ2v) is 6.74. The van der Waals surface area contributed by atoms with Crippen LogP contribution < -0.4 is 10.1 Å². The van der Waals surface area contributed by atoms with Crippen LogP contribution in [0.2, 0.25) is 0 Å². The molecule has 156 valence electrons. The predicted molar refractivity (Wildman–Crippen MR) is 113 cm³/mol. The summed E-state index contributed by atoms with van der Waals surface area (Å²) >= 11 is 0. The Balaban J connectivity index is 1.32. The molecule has 0 bridgehead atoms. The average molecular weight is 407 g/mol. The minimum absolute atomic E-state index is 0.154. The SMILES string of the molecule is COc1ccc(CCNC(=O)COC(=O)CCc2ccc(-c3ccccc3)o2)cc1. The van der Waals surface area contributed by atoms with Crippen LogP contribution in [0.1, 0.15) is 17.7 Å². The number of rotatable bonds is 10. The summed E-state index contributed by atoms with van der Waals surface area (Å²) in [5, 5.41) is 2.74.